The lowest BCUT2D eigenvalue weighted by Crippen LogP contribution is -2.02. The van der Waals surface area contributed by atoms with E-state index < -0.39 is 5.82 Å². The molecule has 0 unspecified atom stereocenters. The summed E-state index contributed by atoms with van der Waals surface area (Å²) in [6, 6.07) is 2.95. The topological polar surface area (TPSA) is 34.1 Å². The average Bonchev–Trinajstić information content (AvgIpc) is 2.04. The molecule has 68 valence electrons. The molecule has 0 aliphatic rings. The van der Waals surface area contributed by atoms with Crippen molar-refractivity contribution >= 4 is 12.1 Å². The second kappa shape index (κ2) is 3.47. The van der Waals surface area contributed by atoms with E-state index in [4.69, 9.17) is 0 Å². The van der Waals surface area contributed by atoms with Crippen molar-refractivity contribution < 1.29 is 14.0 Å². The zero-order valence-corrected chi connectivity index (χ0v) is 7.43. The predicted molar refractivity (Wildman–Crippen MR) is 46.5 cm³/mol. The first-order valence-corrected chi connectivity index (χ1v) is 3.83. The van der Waals surface area contributed by atoms with Crippen LogP contribution in [0.4, 0.5) is 4.39 Å². The molecule has 0 N–H and O–H groups in total. The third-order valence-corrected chi connectivity index (χ3v) is 1.89. The monoisotopic (exact) mass is 180 g/mol. The quantitative estimate of drug-likeness (QED) is 0.516. The zero-order chi connectivity index (χ0) is 10.0. The summed E-state index contributed by atoms with van der Waals surface area (Å²) in [5, 5.41) is 0. The van der Waals surface area contributed by atoms with Crippen LogP contribution in [0.3, 0.4) is 0 Å². The van der Waals surface area contributed by atoms with Gasteiger partial charge in [0.05, 0.1) is 11.1 Å². The minimum absolute atomic E-state index is 0.0345. The highest BCUT2D eigenvalue weighted by atomic mass is 19.1. The van der Waals surface area contributed by atoms with E-state index in [2.05, 4.69) is 0 Å². The largest absolute Gasteiger partial charge is 0.298 e. The summed E-state index contributed by atoms with van der Waals surface area (Å²) in [5.41, 5.74) is 0.470. The Kier molecular flexibility index (Phi) is 2.56. The van der Waals surface area contributed by atoms with Crippen LogP contribution in [0.2, 0.25) is 0 Å². The molecule has 0 aromatic heterocycles. The Hall–Kier alpha value is -1.51. The molecule has 0 bridgehead atoms. The van der Waals surface area contributed by atoms with Crippen LogP contribution in [-0.2, 0) is 0 Å². The summed E-state index contributed by atoms with van der Waals surface area (Å²) >= 11 is 0. The minimum Gasteiger partial charge on any atom is -0.298 e. The molecule has 0 heterocycles. The highest BCUT2D eigenvalue weighted by Crippen LogP contribution is 2.15. The third kappa shape index (κ3) is 1.64. The fourth-order valence-electron chi connectivity index (χ4n) is 1.11. The van der Waals surface area contributed by atoms with Crippen molar-refractivity contribution in [2.75, 3.05) is 0 Å². The number of rotatable bonds is 2. The molecule has 0 amide bonds. The molecule has 0 saturated carbocycles. The first-order chi connectivity index (χ1) is 6.07. The fourth-order valence-corrected chi connectivity index (χ4v) is 1.11. The molecule has 1 rings (SSSR count). The maximum Gasteiger partial charge on any atom is 0.162 e. The molecule has 13 heavy (non-hydrogen) atoms. The number of Topliss-reactive ketones (excluding diaryl/α,β-unsaturated/α-hetero) is 1. The second-order valence-electron chi connectivity index (χ2n) is 2.83. The molecule has 0 aliphatic heterocycles. The lowest BCUT2D eigenvalue weighted by Gasteiger charge is -2.03. The van der Waals surface area contributed by atoms with Gasteiger partial charge in [0.1, 0.15) is 5.82 Å². The molecule has 3 heteroatoms. The number of benzene rings is 1. The van der Waals surface area contributed by atoms with Gasteiger partial charge in [-0.25, -0.2) is 4.39 Å². The van der Waals surface area contributed by atoms with Crippen LogP contribution in [0.5, 0.6) is 0 Å². The standard InChI is InChI=1S/C10H9FO2/c1-6-3-4-8(7(2)13)10(11)9(6)5-12/h3-5H,1-2H3. The van der Waals surface area contributed by atoms with E-state index in [0.29, 0.717) is 11.8 Å². The molecule has 0 radical (unpaired) electrons. The van der Waals surface area contributed by atoms with Crippen LogP contribution in [0, 0.1) is 12.7 Å². The number of halogens is 1. The summed E-state index contributed by atoms with van der Waals surface area (Å²) in [6.45, 7) is 2.89. The average molecular weight is 180 g/mol. The summed E-state index contributed by atoms with van der Waals surface area (Å²) in [7, 11) is 0. The summed E-state index contributed by atoms with van der Waals surface area (Å²) in [5.74, 6) is -1.09. The van der Waals surface area contributed by atoms with Gasteiger partial charge in [-0.05, 0) is 25.5 Å². The van der Waals surface area contributed by atoms with Gasteiger partial charge in [-0.15, -0.1) is 0 Å². The smallest absolute Gasteiger partial charge is 0.162 e. The number of carbonyl (C=O) groups is 2. The molecular weight excluding hydrogens is 171 g/mol. The van der Waals surface area contributed by atoms with Crippen LogP contribution < -0.4 is 0 Å². The summed E-state index contributed by atoms with van der Waals surface area (Å²) in [6.07, 6.45) is 0.428. The van der Waals surface area contributed by atoms with E-state index in [9.17, 15) is 14.0 Å². The van der Waals surface area contributed by atoms with Gasteiger partial charge in [0.2, 0.25) is 0 Å². The van der Waals surface area contributed by atoms with Gasteiger partial charge in [-0.3, -0.25) is 9.59 Å². The first-order valence-electron chi connectivity index (χ1n) is 3.83. The van der Waals surface area contributed by atoms with Gasteiger partial charge in [-0.2, -0.15) is 0 Å². The molecule has 0 aliphatic carbocycles. The van der Waals surface area contributed by atoms with Crippen molar-refractivity contribution in [3.05, 3.63) is 34.6 Å². The number of hydrogen-bond acceptors (Lipinski definition) is 2. The first kappa shape index (κ1) is 9.58. The summed E-state index contributed by atoms with van der Waals surface area (Å²) < 4.78 is 13.3. The fraction of sp³-hybridized carbons (Fsp3) is 0.200. The van der Waals surface area contributed by atoms with E-state index in [-0.39, 0.29) is 16.9 Å². The lowest BCUT2D eigenvalue weighted by atomic mass is 10.0. The van der Waals surface area contributed by atoms with Gasteiger partial charge in [0, 0.05) is 0 Å². The van der Waals surface area contributed by atoms with Crippen LogP contribution in [0.15, 0.2) is 12.1 Å². The summed E-state index contributed by atoms with van der Waals surface area (Å²) in [4.78, 5) is 21.4. The number of carbonyl (C=O) groups excluding carboxylic acids is 2. The van der Waals surface area contributed by atoms with Crippen molar-refractivity contribution in [2.24, 2.45) is 0 Å². The van der Waals surface area contributed by atoms with Gasteiger partial charge in [0.15, 0.2) is 12.1 Å². The van der Waals surface area contributed by atoms with Crippen molar-refractivity contribution in [1.29, 1.82) is 0 Å². The number of hydrogen-bond donors (Lipinski definition) is 0. The van der Waals surface area contributed by atoms with E-state index in [0.717, 1.165) is 0 Å². The molecular formula is C10H9FO2. The van der Waals surface area contributed by atoms with Crippen molar-refractivity contribution in [2.45, 2.75) is 13.8 Å². The maximum absolute atomic E-state index is 13.3. The predicted octanol–water partition coefficient (Wildman–Crippen LogP) is 2.15. The Labute approximate surface area is 75.4 Å². The molecule has 0 spiro atoms. The molecule has 2 nitrogen and oxygen atoms in total. The highest BCUT2D eigenvalue weighted by Gasteiger charge is 2.12. The van der Waals surface area contributed by atoms with E-state index in [1.807, 2.05) is 0 Å². The van der Waals surface area contributed by atoms with E-state index >= 15 is 0 Å². The molecule has 0 fully saturated rings. The number of aldehydes is 1. The Morgan fingerprint density at radius 2 is 2.08 bits per heavy atom. The van der Waals surface area contributed by atoms with Crippen LogP contribution in [-0.4, -0.2) is 12.1 Å². The van der Waals surface area contributed by atoms with Gasteiger partial charge in [-0.1, -0.05) is 6.07 Å². The van der Waals surface area contributed by atoms with Crippen molar-refractivity contribution in [1.82, 2.24) is 0 Å². The second-order valence-corrected chi connectivity index (χ2v) is 2.83. The zero-order valence-electron chi connectivity index (χ0n) is 7.43. The van der Waals surface area contributed by atoms with Gasteiger partial charge in [0.25, 0.3) is 0 Å². The van der Waals surface area contributed by atoms with Gasteiger partial charge < -0.3 is 0 Å². The van der Waals surface area contributed by atoms with E-state index in [1.165, 1.54) is 13.0 Å². The van der Waals surface area contributed by atoms with Crippen molar-refractivity contribution in [3.8, 4) is 0 Å². The number of aryl methyl sites for hydroxylation is 1. The maximum atomic E-state index is 13.3. The molecule has 1 aromatic rings. The molecule has 1 aromatic carbocycles. The van der Waals surface area contributed by atoms with Crippen LogP contribution in [0.1, 0.15) is 33.2 Å². The third-order valence-electron chi connectivity index (χ3n) is 1.89. The van der Waals surface area contributed by atoms with E-state index in [1.54, 1.807) is 13.0 Å². The molecule has 0 saturated heterocycles. The normalized spacial score (nSPS) is 9.77. The number of ketones is 1. The highest BCUT2D eigenvalue weighted by molar-refractivity contribution is 5.96. The minimum atomic E-state index is -0.720. The SMILES string of the molecule is CC(=O)c1ccc(C)c(C=O)c1F. The lowest BCUT2D eigenvalue weighted by molar-refractivity contribution is 0.101. The van der Waals surface area contributed by atoms with Crippen molar-refractivity contribution in [3.63, 3.8) is 0 Å². The Morgan fingerprint density at radius 3 is 2.54 bits per heavy atom. The Bertz CT molecular complexity index is 369. The molecule has 0 atom stereocenters. The van der Waals surface area contributed by atoms with Crippen LogP contribution >= 0.6 is 0 Å². The van der Waals surface area contributed by atoms with Gasteiger partial charge >= 0.3 is 0 Å². The Balaban J connectivity index is 3.44. The Morgan fingerprint density at radius 1 is 1.46 bits per heavy atom. The van der Waals surface area contributed by atoms with Crippen LogP contribution in [0.25, 0.3) is 0 Å².